The van der Waals surface area contributed by atoms with E-state index in [9.17, 15) is 4.79 Å². The zero-order valence-electron chi connectivity index (χ0n) is 15.9. The summed E-state index contributed by atoms with van der Waals surface area (Å²) in [5, 5.41) is 6.99. The molecule has 4 rings (SSSR count). The first-order valence-electron chi connectivity index (χ1n) is 9.16. The van der Waals surface area contributed by atoms with Crippen LogP contribution >= 0.6 is 11.3 Å². The predicted molar refractivity (Wildman–Crippen MR) is 107 cm³/mol. The van der Waals surface area contributed by atoms with Crippen LogP contribution in [0.25, 0.3) is 11.3 Å². The molecule has 0 saturated carbocycles. The van der Waals surface area contributed by atoms with Gasteiger partial charge in [0.05, 0.1) is 19.3 Å². The van der Waals surface area contributed by atoms with E-state index in [-0.39, 0.29) is 5.91 Å². The molecule has 7 nitrogen and oxygen atoms in total. The Morgan fingerprint density at radius 2 is 1.96 bits per heavy atom. The monoisotopic (exact) mass is 398 g/mol. The van der Waals surface area contributed by atoms with Crippen LogP contribution in [0.1, 0.15) is 21.3 Å². The minimum atomic E-state index is -0.0625. The van der Waals surface area contributed by atoms with Crippen LogP contribution in [0.3, 0.4) is 0 Å². The van der Waals surface area contributed by atoms with Gasteiger partial charge in [-0.3, -0.25) is 9.69 Å². The van der Waals surface area contributed by atoms with Gasteiger partial charge in [0.1, 0.15) is 16.5 Å². The molecule has 0 bridgehead atoms. The quantitative estimate of drug-likeness (QED) is 0.658. The number of hydrogen-bond donors (Lipinski definition) is 0. The van der Waals surface area contributed by atoms with E-state index in [0.29, 0.717) is 24.5 Å². The summed E-state index contributed by atoms with van der Waals surface area (Å²) in [7, 11) is 1.66. The van der Waals surface area contributed by atoms with E-state index in [1.165, 1.54) is 0 Å². The highest BCUT2D eigenvalue weighted by molar-refractivity contribution is 7.09. The predicted octanol–water partition coefficient (Wildman–Crippen LogP) is 3.07. The molecule has 1 fully saturated rings. The standard InChI is InChI=1S/C20H22N4O3S/c1-14-11-17(22-27-14)20(25)24-9-7-23(8-10-24)12-19-21-18(13-28-19)15-3-5-16(26-2)6-4-15/h3-6,11,13H,7-10,12H2,1-2H3. The van der Waals surface area contributed by atoms with Crippen molar-refractivity contribution in [3.63, 3.8) is 0 Å². The molecule has 0 spiro atoms. The minimum absolute atomic E-state index is 0.0625. The SMILES string of the molecule is COc1ccc(-c2csc(CN3CCN(C(=O)c4cc(C)on4)CC3)n2)cc1. The number of aryl methyl sites for hydroxylation is 1. The van der Waals surface area contributed by atoms with Crippen molar-refractivity contribution in [1.82, 2.24) is 19.9 Å². The fourth-order valence-corrected chi connectivity index (χ4v) is 4.05. The lowest BCUT2D eigenvalue weighted by Gasteiger charge is -2.33. The average Bonchev–Trinajstić information content (AvgIpc) is 3.37. The zero-order chi connectivity index (χ0) is 19.5. The number of piperazine rings is 1. The topological polar surface area (TPSA) is 71.7 Å². The van der Waals surface area contributed by atoms with Gasteiger partial charge < -0.3 is 14.2 Å². The Bertz CT molecular complexity index is 943. The molecule has 28 heavy (non-hydrogen) atoms. The number of carbonyl (C=O) groups is 1. The Kier molecular flexibility index (Phi) is 5.40. The number of methoxy groups -OCH3 is 1. The van der Waals surface area contributed by atoms with Gasteiger partial charge >= 0.3 is 0 Å². The van der Waals surface area contributed by atoms with E-state index < -0.39 is 0 Å². The first-order chi connectivity index (χ1) is 13.6. The summed E-state index contributed by atoms with van der Waals surface area (Å²) in [6.07, 6.45) is 0. The smallest absolute Gasteiger partial charge is 0.276 e. The van der Waals surface area contributed by atoms with Gasteiger partial charge in [0, 0.05) is 43.2 Å². The summed E-state index contributed by atoms with van der Waals surface area (Å²) in [6, 6.07) is 9.62. The Hall–Kier alpha value is -2.71. The van der Waals surface area contributed by atoms with E-state index in [1.54, 1.807) is 31.4 Å². The minimum Gasteiger partial charge on any atom is -0.497 e. The Labute approximate surface area is 167 Å². The summed E-state index contributed by atoms with van der Waals surface area (Å²) in [5.74, 6) is 1.43. The van der Waals surface area contributed by atoms with Crippen LogP contribution in [-0.2, 0) is 6.54 Å². The lowest BCUT2D eigenvalue weighted by Crippen LogP contribution is -2.48. The number of amides is 1. The fraction of sp³-hybridized carbons (Fsp3) is 0.350. The highest BCUT2D eigenvalue weighted by Crippen LogP contribution is 2.25. The van der Waals surface area contributed by atoms with Crippen molar-refractivity contribution in [1.29, 1.82) is 0 Å². The highest BCUT2D eigenvalue weighted by Gasteiger charge is 2.24. The van der Waals surface area contributed by atoms with Crippen molar-refractivity contribution < 1.29 is 14.1 Å². The van der Waals surface area contributed by atoms with E-state index in [0.717, 1.165) is 41.6 Å². The number of hydrogen-bond acceptors (Lipinski definition) is 7. The third-order valence-electron chi connectivity index (χ3n) is 4.80. The largest absolute Gasteiger partial charge is 0.497 e. The molecule has 0 unspecified atom stereocenters. The van der Waals surface area contributed by atoms with Crippen molar-refractivity contribution >= 4 is 17.2 Å². The Morgan fingerprint density at radius 1 is 1.21 bits per heavy atom. The van der Waals surface area contributed by atoms with Crippen LogP contribution in [0.2, 0.25) is 0 Å². The summed E-state index contributed by atoms with van der Waals surface area (Å²) in [5.41, 5.74) is 2.45. The molecule has 0 N–H and O–H groups in total. The van der Waals surface area contributed by atoms with E-state index in [4.69, 9.17) is 14.2 Å². The van der Waals surface area contributed by atoms with Crippen LogP contribution < -0.4 is 4.74 Å². The maximum Gasteiger partial charge on any atom is 0.276 e. The van der Waals surface area contributed by atoms with Crippen LogP contribution in [0.5, 0.6) is 5.75 Å². The normalized spacial score (nSPS) is 15.0. The van der Waals surface area contributed by atoms with Crippen LogP contribution in [0.4, 0.5) is 0 Å². The van der Waals surface area contributed by atoms with E-state index >= 15 is 0 Å². The second-order valence-electron chi connectivity index (χ2n) is 6.75. The number of rotatable bonds is 5. The number of carbonyl (C=O) groups excluding carboxylic acids is 1. The van der Waals surface area contributed by atoms with Gasteiger partial charge in [-0.05, 0) is 31.2 Å². The Morgan fingerprint density at radius 3 is 2.61 bits per heavy atom. The molecule has 2 aromatic heterocycles. The van der Waals surface area contributed by atoms with Gasteiger partial charge in [0.15, 0.2) is 5.69 Å². The van der Waals surface area contributed by atoms with E-state index in [2.05, 4.69) is 15.4 Å². The summed E-state index contributed by atoms with van der Waals surface area (Å²) < 4.78 is 10.2. The van der Waals surface area contributed by atoms with Crippen LogP contribution in [-0.4, -0.2) is 59.1 Å². The average molecular weight is 398 g/mol. The fourth-order valence-electron chi connectivity index (χ4n) is 3.21. The summed E-state index contributed by atoms with van der Waals surface area (Å²) in [4.78, 5) is 21.4. The molecule has 1 aromatic carbocycles. The molecule has 0 aliphatic carbocycles. The second kappa shape index (κ2) is 8.12. The number of aromatic nitrogens is 2. The molecule has 1 amide bonds. The molecule has 0 radical (unpaired) electrons. The molecule has 1 aliphatic rings. The van der Waals surface area contributed by atoms with E-state index in [1.807, 2.05) is 29.2 Å². The van der Waals surface area contributed by atoms with Gasteiger partial charge in [0.25, 0.3) is 5.91 Å². The highest BCUT2D eigenvalue weighted by atomic mass is 32.1. The molecule has 1 aliphatic heterocycles. The molecular weight excluding hydrogens is 376 g/mol. The zero-order valence-corrected chi connectivity index (χ0v) is 16.7. The molecule has 8 heteroatoms. The summed E-state index contributed by atoms with van der Waals surface area (Å²) in [6.45, 7) is 5.59. The molecule has 3 heterocycles. The maximum absolute atomic E-state index is 12.4. The molecule has 1 saturated heterocycles. The van der Waals surface area contributed by atoms with Crippen molar-refractivity contribution in [2.75, 3.05) is 33.3 Å². The number of benzene rings is 1. The van der Waals surface area contributed by atoms with Gasteiger partial charge in [-0.25, -0.2) is 4.98 Å². The van der Waals surface area contributed by atoms with Crippen molar-refractivity contribution in [2.24, 2.45) is 0 Å². The molecule has 146 valence electrons. The number of thiazole rings is 1. The first kappa shape index (κ1) is 18.6. The third-order valence-corrected chi connectivity index (χ3v) is 5.64. The maximum atomic E-state index is 12.4. The molecule has 0 atom stereocenters. The molecule has 3 aromatic rings. The van der Waals surface area contributed by atoms with Crippen LogP contribution in [0, 0.1) is 6.92 Å². The summed E-state index contributed by atoms with van der Waals surface area (Å²) >= 11 is 1.67. The van der Waals surface area contributed by atoms with Crippen molar-refractivity contribution in [3.05, 3.63) is 52.2 Å². The molecular formula is C20H22N4O3S. The number of ether oxygens (including phenoxy) is 1. The Balaban J connectivity index is 1.32. The lowest BCUT2D eigenvalue weighted by atomic mass is 10.2. The van der Waals surface area contributed by atoms with Gasteiger partial charge in [0.2, 0.25) is 0 Å². The van der Waals surface area contributed by atoms with Gasteiger partial charge in [-0.1, -0.05) is 5.16 Å². The van der Waals surface area contributed by atoms with Crippen molar-refractivity contribution in [2.45, 2.75) is 13.5 Å². The van der Waals surface area contributed by atoms with Gasteiger partial charge in [-0.2, -0.15) is 0 Å². The van der Waals surface area contributed by atoms with Crippen LogP contribution in [0.15, 0.2) is 40.2 Å². The van der Waals surface area contributed by atoms with Gasteiger partial charge in [-0.15, -0.1) is 11.3 Å². The third kappa shape index (κ3) is 4.07. The number of nitrogens with zero attached hydrogens (tertiary/aromatic N) is 4. The first-order valence-corrected chi connectivity index (χ1v) is 10.0. The lowest BCUT2D eigenvalue weighted by molar-refractivity contribution is 0.0618. The van der Waals surface area contributed by atoms with Crippen molar-refractivity contribution in [3.8, 4) is 17.0 Å². The second-order valence-corrected chi connectivity index (χ2v) is 7.69.